The highest BCUT2D eigenvalue weighted by molar-refractivity contribution is 6.08. The maximum Gasteiger partial charge on any atom is 0.168 e. The van der Waals surface area contributed by atoms with Crippen molar-refractivity contribution < 1.29 is 19.5 Å². The first-order valence-corrected chi connectivity index (χ1v) is 10.3. The molecule has 3 atom stereocenters. The Hall–Kier alpha value is -3.28. The van der Waals surface area contributed by atoms with Gasteiger partial charge in [0.1, 0.15) is 23.3 Å². The predicted octanol–water partition coefficient (Wildman–Crippen LogP) is 3.45. The van der Waals surface area contributed by atoms with Crippen LogP contribution in [0.25, 0.3) is 0 Å². The van der Waals surface area contributed by atoms with Crippen LogP contribution in [-0.4, -0.2) is 44.6 Å². The lowest BCUT2D eigenvalue weighted by atomic mass is 10.1. The first kappa shape index (κ1) is 21.0. The Morgan fingerprint density at radius 3 is 2.97 bits per heavy atom. The molecule has 0 amide bonds. The number of ether oxygens (including phenoxy) is 2. The molecule has 4 rings (SSSR count). The van der Waals surface area contributed by atoms with E-state index in [0.29, 0.717) is 35.2 Å². The highest BCUT2D eigenvalue weighted by Crippen LogP contribution is 2.31. The van der Waals surface area contributed by atoms with Crippen molar-refractivity contribution in [3.63, 3.8) is 0 Å². The summed E-state index contributed by atoms with van der Waals surface area (Å²) in [5.74, 6) is 6.80. The van der Waals surface area contributed by atoms with E-state index < -0.39 is 0 Å². The summed E-state index contributed by atoms with van der Waals surface area (Å²) in [6.45, 7) is 2.67. The molecule has 1 fully saturated rings. The van der Waals surface area contributed by atoms with Crippen molar-refractivity contribution in [2.45, 2.75) is 51.0 Å². The molecular formula is C23H24N4O4. The molecule has 0 radical (unpaired) electrons. The number of oxime groups is 1. The fourth-order valence-electron chi connectivity index (χ4n) is 3.80. The molecule has 31 heavy (non-hydrogen) atoms. The summed E-state index contributed by atoms with van der Waals surface area (Å²) >= 11 is 0. The standard InChI is InChI=1S/C23H24N4O4/c1-16(31-21-4-2-3-13-30-21)23-24-11-12-27(23)20-10-8-18(22(20)26-29)7-5-17-6-9-19(15-28)25-14-17/h6,8-9,11-12,14-16,20-21,29H,2-4,10,13H2,1H3/b26-22+/t16-,20+,21?/m0/s1. The second kappa shape index (κ2) is 9.69. The molecule has 0 aromatic carbocycles. The van der Waals surface area contributed by atoms with Gasteiger partial charge in [-0.25, -0.2) is 4.98 Å². The SMILES string of the molecule is C[C@H](OC1CCCCO1)c1nccn1[C@@H]1CC=C(C#Cc2ccc(C=O)nc2)/C1=N\O. The van der Waals surface area contributed by atoms with Gasteiger partial charge in [-0.1, -0.05) is 23.1 Å². The molecule has 1 aliphatic heterocycles. The van der Waals surface area contributed by atoms with Crippen LogP contribution in [0.5, 0.6) is 0 Å². The number of carbonyl (C=O) groups is 1. The van der Waals surface area contributed by atoms with Gasteiger partial charge in [-0.2, -0.15) is 0 Å². The number of nitrogens with zero attached hydrogens (tertiary/aromatic N) is 4. The van der Waals surface area contributed by atoms with E-state index in [0.717, 1.165) is 31.7 Å². The maximum atomic E-state index is 10.7. The Labute approximate surface area is 180 Å². The van der Waals surface area contributed by atoms with Crippen LogP contribution in [0.4, 0.5) is 0 Å². The Balaban J connectivity index is 1.49. The van der Waals surface area contributed by atoms with Crippen molar-refractivity contribution in [1.82, 2.24) is 14.5 Å². The van der Waals surface area contributed by atoms with Crippen LogP contribution >= 0.6 is 0 Å². The van der Waals surface area contributed by atoms with Crippen molar-refractivity contribution in [3.8, 4) is 11.8 Å². The van der Waals surface area contributed by atoms with Gasteiger partial charge in [0.05, 0.1) is 6.04 Å². The van der Waals surface area contributed by atoms with Crippen LogP contribution in [0.15, 0.2) is 47.5 Å². The van der Waals surface area contributed by atoms with Gasteiger partial charge in [0.25, 0.3) is 0 Å². The molecule has 1 N–H and O–H groups in total. The van der Waals surface area contributed by atoms with E-state index in [2.05, 4.69) is 27.0 Å². The third-order valence-corrected chi connectivity index (χ3v) is 5.38. The summed E-state index contributed by atoms with van der Waals surface area (Å²) < 4.78 is 13.7. The minimum Gasteiger partial charge on any atom is -0.411 e. The number of aromatic nitrogens is 3. The zero-order chi connectivity index (χ0) is 21.6. The number of aldehydes is 1. The monoisotopic (exact) mass is 420 g/mol. The highest BCUT2D eigenvalue weighted by atomic mass is 16.7. The maximum absolute atomic E-state index is 10.7. The van der Waals surface area contributed by atoms with Crippen LogP contribution in [0.1, 0.15) is 66.6 Å². The number of rotatable bonds is 5. The van der Waals surface area contributed by atoms with Gasteiger partial charge in [0, 0.05) is 36.3 Å². The highest BCUT2D eigenvalue weighted by Gasteiger charge is 2.30. The smallest absolute Gasteiger partial charge is 0.168 e. The van der Waals surface area contributed by atoms with E-state index in [1.807, 2.05) is 23.8 Å². The second-order valence-electron chi connectivity index (χ2n) is 7.46. The van der Waals surface area contributed by atoms with E-state index in [1.165, 1.54) is 0 Å². The van der Waals surface area contributed by atoms with Gasteiger partial charge >= 0.3 is 0 Å². The average Bonchev–Trinajstić information content (AvgIpc) is 3.45. The lowest BCUT2D eigenvalue weighted by molar-refractivity contribution is -0.188. The fraction of sp³-hybridized carbons (Fsp3) is 0.391. The normalized spacial score (nSPS) is 23.1. The molecule has 8 heteroatoms. The minimum atomic E-state index is -0.268. The molecule has 0 spiro atoms. The van der Waals surface area contributed by atoms with E-state index in [1.54, 1.807) is 24.5 Å². The van der Waals surface area contributed by atoms with E-state index in [9.17, 15) is 10.0 Å². The number of hydrogen-bond acceptors (Lipinski definition) is 7. The van der Waals surface area contributed by atoms with Crippen molar-refractivity contribution in [2.75, 3.05) is 6.61 Å². The Morgan fingerprint density at radius 2 is 2.26 bits per heavy atom. The van der Waals surface area contributed by atoms with E-state index in [-0.39, 0.29) is 18.4 Å². The quantitative estimate of drug-likeness (QED) is 0.344. The molecule has 1 unspecified atom stereocenters. The van der Waals surface area contributed by atoms with Gasteiger partial charge < -0.3 is 19.2 Å². The summed E-state index contributed by atoms with van der Waals surface area (Å²) in [6.07, 6.45) is 10.9. The Morgan fingerprint density at radius 1 is 1.35 bits per heavy atom. The lowest BCUT2D eigenvalue weighted by Gasteiger charge is -2.27. The summed E-state index contributed by atoms with van der Waals surface area (Å²) in [5, 5.41) is 13.2. The predicted molar refractivity (Wildman–Crippen MR) is 113 cm³/mol. The van der Waals surface area contributed by atoms with Crippen LogP contribution in [0, 0.1) is 11.8 Å². The number of hydrogen-bond donors (Lipinski definition) is 1. The Kier molecular flexibility index (Phi) is 6.55. The second-order valence-corrected chi connectivity index (χ2v) is 7.46. The van der Waals surface area contributed by atoms with Crippen molar-refractivity contribution in [2.24, 2.45) is 5.16 Å². The Bertz CT molecular complexity index is 1040. The number of carbonyl (C=O) groups excluding carboxylic acids is 1. The molecule has 3 heterocycles. The molecule has 0 bridgehead atoms. The molecule has 8 nitrogen and oxygen atoms in total. The summed E-state index contributed by atoms with van der Waals surface area (Å²) in [5.41, 5.74) is 2.15. The van der Waals surface area contributed by atoms with Crippen molar-refractivity contribution >= 4 is 12.0 Å². The minimum absolute atomic E-state index is 0.220. The summed E-state index contributed by atoms with van der Waals surface area (Å²) in [6, 6.07) is 3.12. The van der Waals surface area contributed by atoms with Crippen LogP contribution < -0.4 is 0 Å². The van der Waals surface area contributed by atoms with Gasteiger partial charge in [-0.15, -0.1) is 0 Å². The van der Waals surface area contributed by atoms with Gasteiger partial charge in [-0.3, -0.25) is 9.78 Å². The van der Waals surface area contributed by atoms with Crippen LogP contribution in [0.3, 0.4) is 0 Å². The number of imidazole rings is 1. The van der Waals surface area contributed by atoms with Crippen LogP contribution in [0.2, 0.25) is 0 Å². The third-order valence-electron chi connectivity index (χ3n) is 5.38. The molecule has 0 saturated carbocycles. The molecule has 2 aliphatic rings. The topological polar surface area (TPSA) is 98.8 Å². The largest absolute Gasteiger partial charge is 0.411 e. The summed E-state index contributed by atoms with van der Waals surface area (Å²) in [4.78, 5) is 19.2. The molecule has 1 aliphatic carbocycles. The first-order valence-electron chi connectivity index (χ1n) is 10.3. The van der Waals surface area contributed by atoms with Gasteiger partial charge in [0.2, 0.25) is 0 Å². The van der Waals surface area contributed by atoms with Crippen LogP contribution in [-0.2, 0) is 9.47 Å². The van der Waals surface area contributed by atoms with E-state index >= 15 is 0 Å². The molecule has 1 saturated heterocycles. The van der Waals surface area contributed by atoms with E-state index in [4.69, 9.17) is 9.47 Å². The van der Waals surface area contributed by atoms with Gasteiger partial charge in [-0.05, 0) is 44.7 Å². The molecule has 2 aromatic heterocycles. The molecule has 2 aromatic rings. The number of allylic oxidation sites excluding steroid dienone is 2. The number of pyridine rings is 1. The van der Waals surface area contributed by atoms with Gasteiger partial charge in [0.15, 0.2) is 12.6 Å². The average molecular weight is 420 g/mol. The van der Waals surface area contributed by atoms with Crippen molar-refractivity contribution in [1.29, 1.82) is 0 Å². The zero-order valence-corrected chi connectivity index (χ0v) is 17.3. The lowest BCUT2D eigenvalue weighted by Crippen LogP contribution is -2.26. The summed E-state index contributed by atoms with van der Waals surface area (Å²) in [7, 11) is 0. The first-order chi connectivity index (χ1) is 15.2. The van der Waals surface area contributed by atoms with Crippen molar-refractivity contribution in [3.05, 3.63) is 59.5 Å². The molecular weight excluding hydrogens is 396 g/mol. The third kappa shape index (κ3) is 4.74. The molecule has 160 valence electrons. The fourth-order valence-corrected chi connectivity index (χ4v) is 3.80. The zero-order valence-electron chi connectivity index (χ0n) is 17.3.